The first-order valence-corrected chi connectivity index (χ1v) is 7.72. The Kier molecular flexibility index (Phi) is 5.15. The van der Waals surface area contributed by atoms with Gasteiger partial charge < -0.3 is 19.3 Å². The predicted octanol–water partition coefficient (Wildman–Crippen LogP) is 1.37. The molecule has 124 valence electrons. The number of aliphatic imine (C=N–C) groups is 1. The van der Waals surface area contributed by atoms with Crippen molar-refractivity contribution in [3.63, 3.8) is 0 Å². The lowest BCUT2D eigenvalue weighted by Gasteiger charge is -2.15. The smallest absolute Gasteiger partial charge is 0.343 e. The molecular formula is C15H17NO6S. The van der Waals surface area contributed by atoms with Crippen molar-refractivity contribution in [2.24, 2.45) is 4.99 Å². The number of rotatable bonds is 5. The molecule has 7 nitrogen and oxygen atoms in total. The Morgan fingerprint density at radius 3 is 2.70 bits per heavy atom. The Morgan fingerprint density at radius 2 is 2.09 bits per heavy atom. The number of methoxy groups -OCH3 is 2. The summed E-state index contributed by atoms with van der Waals surface area (Å²) in [6, 6.07) is 4.61. The molecule has 0 amide bonds. The Hall–Kier alpha value is -2.22. The van der Waals surface area contributed by atoms with Gasteiger partial charge in [-0.05, 0) is 19.1 Å². The van der Waals surface area contributed by atoms with Crippen LogP contribution in [0.2, 0.25) is 0 Å². The van der Waals surface area contributed by atoms with Crippen molar-refractivity contribution in [2.45, 2.75) is 12.5 Å². The molecule has 0 saturated heterocycles. The van der Waals surface area contributed by atoms with Crippen LogP contribution in [0.4, 0.5) is 0 Å². The van der Waals surface area contributed by atoms with Gasteiger partial charge >= 0.3 is 11.9 Å². The van der Waals surface area contributed by atoms with Gasteiger partial charge in [-0.3, -0.25) is 4.99 Å². The van der Waals surface area contributed by atoms with Crippen LogP contribution >= 0.6 is 11.8 Å². The van der Waals surface area contributed by atoms with Crippen molar-refractivity contribution in [1.29, 1.82) is 0 Å². The fraction of sp³-hybridized carbons (Fsp3) is 0.400. The third kappa shape index (κ3) is 3.76. The minimum absolute atomic E-state index is 0.0484. The Bertz CT molecular complexity index is 659. The number of phenols is 1. The Morgan fingerprint density at radius 1 is 1.35 bits per heavy atom. The van der Waals surface area contributed by atoms with Crippen LogP contribution in [0.5, 0.6) is 11.5 Å². The van der Waals surface area contributed by atoms with E-state index in [1.807, 2.05) is 0 Å². The molecular weight excluding hydrogens is 322 g/mol. The van der Waals surface area contributed by atoms with E-state index in [4.69, 9.17) is 9.47 Å². The molecule has 0 bridgehead atoms. The van der Waals surface area contributed by atoms with Gasteiger partial charge in [-0.25, -0.2) is 9.59 Å². The zero-order chi connectivity index (χ0) is 17.0. The van der Waals surface area contributed by atoms with E-state index in [0.717, 1.165) is 0 Å². The van der Waals surface area contributed by atoms with Crippen molar-refractivity contribution in [3.05, 3.63) is 23.8 Å². The lowest BCUT2D eigenvalue weighted by Crippen LogP contribution is -2.34. The molecule has 0 aliphatic carbocycles. The van der Waals surface area contributed by atoms with Crippen molar-refractivity contribution in [2.75, 3.05) is 26.6 Å². The number of nitrogens with zero attached hydrogens (tertiary/aromatic N) is 1. The monoisotopic (exact) mass is 339 g/mol. The number of hydrogen-bond donors (Lipinski definition) is 1. The SMILES string of the molecule is COC(=O)COc1ccc(C2=N[C@@](C)(C(=O)OC)CS2)c(O)c1. The minimum Gasteiger partial charge on any atom is -0.507 e. The summed E-state index contributed by atoms with van der Waals surface area (Å²) < 4.78 is 14.4. The van der Waals surface area contributed by atoms with Gasteiger partial charge in [0.25, 0.3) is 0 Å². The fourth-order valence-corrected chi connectivity index (χ4v) is 3.14. The highest BCUT2D eigenvalue weighted by molar-refractivity contribution is 8.14. The number of carbonyl (C=O) groups is 2. The molecule has 1 atom stereocenters. The van der Waals surface area contributed by atoms with Gasteiger partial charge in [0, 0.05) is 17.4 Å². The lowest BCUT2D eigenvalue weighted by molar-refractivity contribution is -0.145. The number of aromatic hydroxyl groups is 1. The van der Waals surface area contributed by atoms with Gasteiger partial charge in [0.1, 0.15) is 16.5 Å². The third-order valence-corrected chi connectivity index (χ3v) is 4.54. The standard InChI is InChI=1S/C15H17NO6S/c1-15(14(19)21-3)8-23-13(16-15)10-5-4-9(6-11(10)17)22-7-12(18)20-2/h4-6,17H,7-8H2,1-3H3/t15-/m1/s1. The zero-order valence-electron chi connectivity index (χ0n) is 13.0. The molecule has 0 radical (unpaired) electrons. The maximum Gasteiger partial charge on any atom is 0.343 e. The van der Waals surface area contributed by atoms with E-state index in [1.54, 1.807) is 19.1 Å². The van der Waals surface area contributed by atoms with E-state index < -0.39 is 17.5 Å². The van der Waals surface area contributed by atoms with Crippen LogP contribution in [0, 0.1) is 0 Å². The molecule has 1 aromatic carbocycles. The molecule has 0 unspecified atom stereocenters. The van der Waals surface area contributed by atoms with E-state index in [1.165, 1.54) is 32.0 Å². The average molecular weight is 339 g/mol. The van der Waals surface area contributed by atoms with Crippen LogP contribution < -0.4 is 4.74 Å². The normalized spacial score (nSPS) is 19.9. The van der Waals surface area contributed by atoms with E-state index >= 15 is 0 Å². The molecule has 1 aliphatic rings. The molecule has 1 aromatic rings. The van der Waals surface area contributed by atoms with Crippen LogP contribution in [0.15, 0.2) is 23.2 Å². The summed E-state index contributed by atoms with van der Waals surface area (Å²) in [5.41, 5.74) is -0.464. The number of carbonyl (C=O) groups excluding carboxylic acids is 2. The van der Waals surface area contributed by atoms with Gasteiger partial charge in [0.05, 0.1) is 14.2 Å². The van der Waals surface area contributed by atoms with Crippen LogP contribution in [-0.2, 0) is 19.1 Å². The van der Waals surface area contributed by atoms with Gasteiger partial charge in [-0.15, -0.1) is 11.8 Å². The highest BCUT2D eigenvalue weighted by Gasteiger charge is 2.40. The minimum atomic E-state index is -0.957. The van der Waals surface area contributed by atoms with E-state index in [9.17, 15) is 14.7 Å². The van der Waals surface area contributed by atoms with Crippen LogP contribution in [0.3, 0.4) is 0 Å². The number of benzene rings is 1. The zero-order valence-corrected chi connectivity index (χ0v) is 13.8. The second kappa shape index (κ2) is 6.91. The number of phenolic OH excluding ortho intramolecular Hbond substituents is 1. The number of thioether (sulfide) groups is 1. The summed E-state index contributed by atoms with van der Waals surface area (Å²) in [7, 11) is 2.58. The summed E-state index contributed by atoms with van der Waals surface area (Å²) in [5.74, 6) is -0.214. The molecule has 0 aromatic heterocycles. The van der Waals surface area contributed by atoms with Gasteiger partial charge in [0.15, 0.2) is 12.1 Å². The average Bonchev–Trinajstić information content (AvgIpc) is 2.95. The van der Waals surface area contributed by atoms with Crippen LogP contribution in [0.1, 0.15) is 12.5 Å². The number of ether oxygens (including phenoxy) is 3. The van der Waals surface area contributed by atoms with Crippen LogP contribution in [0.25, 0.3) is 0 Å². The third-order valence-electron chi connectivity index (χ3n) is 3.25. The van der Waals surface area contributed by atoms with E-state index in [0.29, 0.717) is 22.1 Å². The second-order valence-corrected chi connectivity index (χ2v) is 5.98. The van der Waals surface area contributed by atoms with Gasteiger partial charge in [-0.2, -0.15) is 0 Å². The van der Waals surface area contributed by atoms with E-state index in [2.05, 4.69) is 9.73 Å². The molecule has 1 aliphatic heterocycles. The molecule has 0 saturated carbocycles. The molecule has 1 N–H and O–H groups in total. The molecule has 8 heteroatoms. The summed E-state index contributed by atoms with van der Waals surface area (Å²) in [6.45, 7) is 1.44. The highest BCUT2D eigenvalue weighted by Crippen LogP contribution is 2.35. The lowest BCUT2D eigenvalue weighted by atomic mass is 10.1. The summed E-state index contributed by atoms with van der Waals surface area (Å²) in [4.78, 5) is 27.2. The van der Waals surface area contributed by atoms with Crippen molar-refractivity contribution < 1.29 is 28.9 Å². The van der Waals surface area contributed by atoms with Crippen molar-refractivity contribution in [1.82, 2.24) is 0 Å². The quantitative estimate of drug-likeness (QED) is 0.810. The number of esters is 2. The largest absolute Gasteiger partial charge is 0.507 e. The topological polar surface area (TPSA) is 94.4 Å². The Balaban J connectivity index is 2.17. The fourth-order valence-electron chi connectivity index (χ4n) is 1.94. The van der Waals surface area contributed by atoms with Crippen molar-refractivity contribution >= 4 is 28.7 Å². The first kappa shape index (κ1) is 17.1. The van der Waals surface area contributed by atoms with E-state index in [-0.39, 0.29) is 12.4 Å². The Labute approximate surface area is 137 Å². The number of hydrogen-bond acceptors (Lipinski definition) is 8. The summed E-state index contributed by atoms with van der Waals surface area (Å²) in [6.07, 6.45) is 0. The first-order valence-electron chi connectivity index (χ1n) is 6.73. The first-order chi connectivity index (χ1) is 10.9. The molecule has 23 heavy (non-hydrogen) atoms. The summed E-state index contributed by atoms with van der Waals surface area (Å²) in [5, 5.41) is 10.7. The maximum atomic E-state index is 11.8. The molecule has 0 spiro atoms. The van der Waals surface area contributed by atoms with Gasteiger partial charge in [-0.1, -0.05) is 0 Å². The van der Waals surface area contributed by atoms with Gasteiger partial charge in [0.2, 0.25) is 0 Å². The highest BCUT2D eigenvalue weighted by atomic mass is 32.2. The molecule has 0 fully saturated rings. The van der Waals surface area contributed by atoms with Crippen LogP contribution in [-0.4, -0.2) is 54.2 Å². The molecule has 1 heterocycles. The second-order valence-electron chi connectivity index (χ2n) is 5.01. The van der Waals surface area contributed by atoms with Crippen molar-refractivity contribution in [3.8, 4) is 11.5 Å². The summed E-state index contributed by atoms with van der Waals surface area (Å²) >= 11 is 1.36. The maximum absolute atomic E-state index is 11.8. The molecule has 2 rings (SSSR count). The predicted molar refractivity (Wildman–Crippen MR) is 85.0 cm³/mol.